The standard InChI is InChI=1S/C14H11ClFNOS/c15-13-5-4-11(19)7-12(13)14(18)17-8-9-2-1-3-10(16)6-9/h1-7,19H,8H2,(H,17,18). The molecule has 2 rings (SSSR count). The van der Waals surface area contributed by atoms with E-state index in [0.29, 0.717) is 21.0 Å². The maximum Gasteiger partial charge on any atom is 0.253 e. The molecular weight excluding hydrogens is 285 g/mol. The van der Waals surface area contributed by atoms with Gasteiger partial charge in [0.1, 0.15) is 5.82 Å². The zero-order valence-corrected chi connectivity index (χ0v) is 11.5. The van der Waals surface area contributed by atoms with E-state index in [1.807, 2.05) is 0 Å². The number of nitrogens with one attached hydrogen (secondary N) is 1. The lowest BCUT2D eigenvalue weighted by molar-refractivity contribution is 0.0951. The van der Waals surface area contributed by atoms with E-state index in [0.717, 1.165) is 0 Å². The van der Waals surface area contributed by atoms with Crippen molar-refractivity contribution < 1.29 is 9.18 Å². The van der Waals surface area contributed by atoms with Crippen LogP contribution >= 0.6 is 24.2 Å². The van der Waals surface area contributed by atoms with Crippen molar-refractivity contribution in [2.24, 2.45) is 0 Å². The predicted molar refractivity (Wildman–Crippen MR) is 76.3 cm³/mol. The highest BCUT2D eigenvalue weighted by molar-refractivity contribution is 7.80. The molecule has 0 saturated carbocycles. The topological polar surface area (TPSA) is 29.1 Å². The molecule has 0 aliphatic carbocycles. The van der Waals surface area contributed by atoms with Crippen molar-refractivity contribution in [3.8, 4) is 0 Å². The van der Waals surface area contributed by atoms with Crippen molar-refractivity contribution in [1.82, 2.24) is 5.32 Å². The molecule has 0 heterocycles. The summed E-state index contributed by atoms with van der Waals surface area (Å²) >= 11 is 10.1. The number of benzene rings is 2. The van der Waals surface area contributed by atoms with Crippen LogP contribution in [0.15, 0.2) is 47.4 Å². The van der Waals surface area contributed by atoms with Crippen LogP contribution in [-0.4, -0.2) is 5.91 Å². The van der Waals surface area contributed by atoms with Crippen LogP contribution in [0.2, 0.25) is 5.02 Å². The number of amides is 1. The van der Waals surface area contributed by atoms with E-state index in [2.05, 4.69) is 17.9 Å². The summed E-state index contributed by atoms with van der Waals surface area (Å²) in [6.07, 6.45) is 0. The normalized spacial score (nSPS) is 10.3. The smallest absolute Gasteiger partial charge is 0.253 e. The van der Waals surface area contributed by atoms with Gasteiger partial charge in [-0.05, 0) is 35.9 Å². The first-order chi connectivity index (χ1) is 9.06. The summed E-state index contributed by atoms with van der Waals surface area (Å²) < 4.78 is 13.0. The third-order valence-electron chi connectivity index (χ3n) is 2.54. The van der Waals surface area contributed by atoms with Crippen molar-refractivity contribution in [3.63, 3.8) is 0 Å². The lowest BCUT2D eigenvalue weighted by Crippen LogP contribution is -2.23. The van der Waals surface area contributed by atoms with Gasteiger partial charge in [-0.1, -0.05) is 23.7 Å². The molecule has 0 spiro atoms. The fourth-order valence-electron chi connectivity index (χ4n) is 1.61. The number of carbonyl (C=O) groups excluding carboxylic acids is 1. The summed E-state index contributed by atoms with van der Waals surface area (Å²) in [4.78, 5) is 12.6. The molecule has 0 radical (unpaired) electrons. The molecule has 1 N–H and O–H groups in total. The molecule has 0 unspecified atom stereocenters. The molecule has 2 aromatic rings. The lowest BCUT2D eigenvalue weighted by Gasteiger charge is -2.07. The number of halogens is 2. The van der Waals surface area contributed by atoms with Gasteiger partial charge < -0.3 is 5.32 Å². The molecule has 0 bridgehead atoms. The summed E-state index contributed by atoms with van der Waals surface area (Å²) in [5, 5.41) is 3.04. The summed E-state index contributed by atoms with van der Waals surface area (Å²) in [5.41, 5.74) is 1.04. The Bertz CT molecular complexity index is 618. The van der Waals surface area contributed by atoms with Crippen LogP contribution in [0, 0.1) is 5.82 Å². The quantitative estimate of drug-likeness (QED) is 0.831. The Morgan fingerprint density at radius 2 is 2.05 bits per heavy atom. The Labute approximate surface area is 121 Å². The molecule has 19 heavy (non-hydrogen) atoms. The van der Waals surface area contributed by atoms with Gasteiger partial charge in [-0.2, -0.15) is 0 Å². The Morgan fingerprint density at radius 1 is 1.26 bits per heavy atom. The van der Waals surface area contributed by atoms with E-state index in [1.54, 1.807) is 30.3 Å². The van der Waals surface area contributed by atoms with Crippen LogP contribution in [0.5, 0.6) is 0 Å². The number of carbonyl (C=O) groups is 1. The molecule has 5 heteroatoms. The van der Waals surface area contributed by atoms with Crippen molar-refractivity contribution in [2.45, 2.75) is 11.4 Å². The Hall–Kier alpha value is -1.52. The molecule has 1 amide bonds. The zero-order chi connectivity index (χ0) is 13.8. The van der Waals surface area contributed by atoms with E-state index in [-0.39, 0.29) is 18.3 Å². The van der Waals surface area contributed by atoms with Crippen molar-refractivity contribution in [3.05, 3.63) is 64.4 Å². The maximum atomic E-state index is 13.0. The molecule has 0 fully saturated rings. The van der Waals surface area contributed by atoms with E-state index >= 15 is 0 Å². The number of rotatable bonds is 3. The lowest BCUT2D eigenvalue weighted by atomic mass is 10.2. The maximum absolute atomic E-state index is 13.0. The highest BCUT2D eigenvalue weighted by atomic mass is 35.5. The predicted octanol–water partition coefficient (Wildman–Crippen LogP) is 3.70. The minimum Gasteiger partial charge on any atom is -0.348 e. The molecule has 2 nitrogen and oxygen atoms in total. The third-order valence-corrected chi connectivity index (χ3v) is 3.14. The van der Waals surface area contributed by atoms with Gasteiger partial charge in [-0.15, -0.1) is 12.6 Å². The molecule has 0 aliphatic heterocycles. The fourth-order valence-corrected chi connectivity index (χ4v) is 2.02. The largest absolute Gasteiger partial charge is 0.348 e. The monoisotopic (exact) mass is 295 g/mol. The first-order valence-corrected chi connectivity index (χ1v) is 6.40. The highest BCUT2D eigenvalue weighted by Crippen LogP contribution is 2.19. The average molecular weight is 296 g/mol. The minimum atomic E-state index is -0.331. The molecule has 0 aromatic heterocycles. The fraction of sp³-hybridized carbons (Fsp3) is 0.0714. The third kappa shape index (κ3) is 3.72. The van der Waals surface area contributed by atoms with Gasteiger partial charge in [0, 0.05) is 11.4 Å². The van der Waals surface area contributed by atoms with E-state index in [1.165, 1.54) is 12.1 Å². The highest BCUT2D eigenvalue weighted by Gasteiger charge is 2.10. The molecular formula is C14H11ClFNOS. The molecule has 98 valence electrons. The second kappa shape index (κ2) is 6.08. The number of thiol groups is 1. The SMILES string of the molecule is O=C(NCc1cccc(F)c1)c1cc(S)ccc1Cl. The van der Waals surface area contributed by atoms with Crippen LogP contribution in [0.25, 0.3) is 0 Å². The van der Waals surface area contributed by atoms with Crippen molar-refractivity contribution in [1.29, 1.82) is 0 Å². The van der Waals surface area contributed by atoms with Crippen LogP contribution in [0.3, 0.4) is 0 Å². The number of hydrogen-bond donors (Lipinski definition) is 2. The van der Waals surface area contributed by atoms with E-state index < -0.39 is 0 Å². The first kappa shape index (κ1) is 13.9. The van der Waals surface area contributed by atoms with Gasteiger partial charge in [-0.3, -0.25) is 4.79 Å². The zero-order valence-electron chi connectivity index (χ0n) is 9.86. The second-order valence-corrected chi connectivity index (χ2v) is 4.90. The van der Waals surface area contributed by atoms with Gasteiger partial charge in [-0.25, -0.2) is 4.39 Å². The van der Waals surface area contributed by atoms with Crippen LogP contribution in [0.1, 0.15) is 15.9 Å². The van der Waals surface area contributed by atoms with Crippen molar-refractivity contribution in [2.75, 3.05) is 0 Å². The van der Waals surface area contributed by atoms with Gasteiger partial charge in [0.05, 0.1) is 10.6 Å². The average Bonchev–Trinajstić information content (AvgIpc) is 2.39. The summed E-state index contributed by atoms with van der Waals surface area (Å²) in [6.45, 7) is 0.240. The van der Waals surface area contributed by atoms with Gasteiger partial charge in [0.15, 0.2) is 0 Å². The van der Waals surface area contributed by atoms with E-state index in [9.17, 15) is 9.18 Å². The molecule has 2 aromatic carbocycles. The summed E-state index contributed by atoms with van der Waals surface area (Å²) in [7, 11) is 0. The van der Waals surface area contributed by atoms with Crippen LogP contribution in [-0.2, 0) is 6.54 Å². The van der Waals surface area contributed by atoms with Gasteiger partial charge >= 0.3 is 0 Å². The Morgan fingerprint density at radius 3 is 2.79 bits per heavy atom. The molecule has 0 saturated heterocycles. The molecule has 0 aliphatic rings. The van der Waals surface area contributed by atoms with Gasteiger partial charge in [0.2, 0.25) is 0 Å². The van der Waals surface area contributed by atoms with Crippen LogP contribution in [0.4, 0.5) is 4.39 Å². The van der Waals surface area contributed by atoms with Crippen LogP contribution < -0.4 is 5.32 Å². The Balaban J connectivity index is 2.07. The van der Waals surface area contributed by atoms with Gasteiger partial charge in [0.25, 0.3) is 5.91 Å². The van der Waals surface area contributed by atoms with E-state index in [4.69, 9.17) is 11.6 Å². The van der Waals surface area contributed by atoms with Crippen molar-refractivity contribution >= 4 is 30.1 Å². The Kier molecular flexibility index (Phi) is 4.45. The first-order valence-electron chi connectivity index (χ1n) is 5.57. The number of hydrogen-bond acceptors (Lipinski definition) is 2. The summed E-state index contributed by atoms with van der Waals surface area (Å²) in [6, 6.07) is 11.0. The minimum absolute atomic E-state index is 0.240. The molecule has 0 atom stereocenters. The summed E-state index contributed by atoms with van der Waals surface area (Å²) in [5.74, 6) is -0.646. The second-order valence-electron chi connectivity index (χ2n) is 3.98.